The fraction of sp³-hybridized carbons (Fsp3) is 0.278. The van der Waals surface area contributed by atoms with E-state index in [9.17, 15) is 14.4 Å². The minimum atomic E-state index is -0.585. The molecule has 0 aliphatic heterocycles. The van der Waals surface area contributed by atoms with Gasteiger partial charge >= 0.3 is 12.0 Å². The predicted octanol–water partition coefficient (Wildman–Crippen LogP) is 3.65. The number of carbonyl (C=O) groups excluding carboxylic acids is 3. The molecule has 138 valence electrons. The second-order valence-corrected chi connectivity index (χ2v) is 7.50. The number of urea groups is 1. The molecule has 1 heterocycles. The van der Waals surface area contributed by atoms with Gasteiger partial charge in [0.2, 0.25) is 5.78 Å². The van der Waals surface area contributed by atoms with E-state index in [1.165, 1.54) is 0 Å². The molecule has 0 saturated heterocycles. The second kappa shape index (κ2) is 9.35. The Balaban J connectivity index is 1.82. The maximum atomic E-state index is 12.0. The highest BCUT2D eigenvalue weighted by atomic mass is 35.5. The van der Waals surface area contributed by atoms with Crippen molar-refractivity contribution < 1.29 is 19.1 Å². The van der Waals surface area contributed by atoms with E-state index in [1.54, 1.807) is 36.4 Å². The number of amides is 2. The minimum absolute atomic E-state index is 0.0556. The molecule has 0 fully saturated rings. The monoisotopic (exact) mass is 394 g/mol. The van der Waals surface area contributed by atoms with Crippen LogP contribution in [0.2, 0.25) is 4.34 Å². The van der Waals surface area contributed by atoms with Gasteiger partial charge in [0.05, 0.1) is 14.8 Å². The number of rotatable bonds is 7. The zero-order chi connectivity index (χ0) is 19.1. The summed E-state index contributed by atoms with van der Waals surface area (Å²) < 4.78 is 5.54. The fourth-order valence-electron chi connectivity index (χ4n) is 2.00. The second-order valence-electron chi connectivity index (χ2n) is 5.78. The SMILES string of the molecule is CC(C)NC(=O)NCc1ccc(C(=O)OCC(=O)c2ccc(Cl)s2)cc1. The molecule has 0 spiro atoms. The molecule has 0 unspecified atom stereocenters. The van der Waals surface area contributed by atoms with Crippen molar-refractivity contribution in [1.82, 2.24) is 10.6 Å². The Morgan fingerprint density at radius 3 is 2.38 bits per heavy atom. The Hall–Kier alpha value is -2.38. The van der Waals surface area contributed by atoms with Gasteiger partial charge in [0.25, 0.3) is 0 Å². The molecule has 0 aliphatic carbocycles. The van der Waals surface area contributed by atoms with Crippen LogP contribution in [0.1, 0.15) is 39.4 Å². The van der Waals surface area contributed by atoms with Gasteiger partial charge < -0.3 is 15.4 Å². The van der Waals surface area contributed by atoms with Gasteiger partial charge in [0.15, 0.2) is 6.61 Å². The molecule has 0 bridgehead atoms. The predicted molar refractivity (Wildman–Crippen MR) is 101 cm³/mol. The zero-order valence-electron chi connectivity index (χ0n) is 14.4. The Bertz CT molecular complexity index is 787. The highest BCUT2D eigenvalue weighted by molar-refractivity contribution is 7.18. The van der Waals surface area contributed by atoms with E-state index in [4.69, 9.17) is 16.3 Å². The Kier molecular flexibility index (Phi) is 7.17. The van der Waals surface area contributed by atoms with Crippen LogP contribution in [0.25, 0.3) is 0 Å². The number of hydrogen-bond acceptors (Lipinski definition) is 5. The van der Waals surface area contributed by atoms with E-state index in [0.717, 1.165) is 16.9 Å². The summed E-state index contributed by atoms with van der Waals surface area (Å²) in [6, 6.07) is 9.63. The molecule has 0 radical (unpaired) electrons. The summed E-state index contributed by atoms with van der Waals surface area (Å²) >= 11 is 6.92. The van der Waals surface area contributed by atoms with Crippen molar-refractivity contribution in [3.8, 4) is 0 Å². The van der Waals surface area contributed by atoms with E-state index < -0.39 is 5.97 Å². The molecule has 0 saturated carbocycles. The van der Waals surface area contributed by atoms with E-state index in [-0.39, 0.29) is 24.5 Å². The third-order valence-corrected chi connectivity index (χ3v) is 4.52. The summed E-state index contributed by atoms with van der Waals surface area (Å²) in [6.07, 6.45) is 0. The van der Waals surface area contributed by atoms with Crippen LogP contribution >= 0.6 is 22.9 Å². The highest BCUT2D eigenvalue weighted by Gasteiger charge is 2.13. The number of hydrogen-bond donors (Lipinski definition) is 2. The number of esters is 1. The lowest BCUT2D eigenvalue weighted by atomic mass is 10.1. The topological polar surface area (TPSA) is 84.5 Å². The third-order valence-electron chi connectivity index (χ3n) is 3.24. The molecule has 26 heavy (non-hydrogen) atoms. The number of carbonyl (C=O) groups is 3. The maximum Gasteiger partial charge on any atom is 0.338 e. The number of halogens is 1. The van der Waals surface area contributed by atoms with E-state index in [1.807, 2.05) is 13.8 Å². The van der Waals surface area contributed by atoms with Crippen molar-refractivity contribution in [1.29, 1.82) is 0 Å². The van der Waals surface area contributed by atoms with Crippen molar-refractivity contribution in [2.75, 3.05) is 6.61 Å². The Morgan fingerprint density at radius 1 is 1.12 bits per heavy atom. The van der Waals surface area contributed by atoms with Crippen molar-refractivity contribution in [3.05, 3.63) is 56.7 Å². The van der Waals surface area contributed by atoms with E-state index in [0.29, 0.717) is 21.3 Å². The number of ether oxygens (including phenoxy) is 1. The van der Waals surface area contributed by atoms with Gasteiger partial charge in [0, 0.05) is 12.6 Å². The number of ketones is 1. The number of benzene rings is 1. The standard InChI is InChI=1S/C18H19ClN2O4S/c1-11(2)21-18(24)20-9-12-3-5-13(6-4-12)17(23)25-10-14(22)15-7-8-16(19)26-15/h3-8,11H,9-10H2,1-2H3,(H2,20,21,24). The molecular formula is C18H19ClN2O4S. The molecule has 2 N–H and O–H groups in total. The quantitative estimate of drug-likeness (QED) is 0.554. The zero-order valence-corrected chi connectivity index (χ0v) is 15.9. The first-order chi connectivity index (χ1) is 12.3. The van der Waals surface area contributed by atoms with Gasteiger partial charge in [-0.25, -0.2) is 9.59 Å². The van der Waals surface area contributed by atoms with Crippen LogP contribution < -0.4 is 10.6 Å². The first kappa shape index (κ1) is 19.9. The third kappa shape index (κ3) is 6.16. The molecule has 6 nitrogen and oxygen atoms in total. The van der Waals surface area contributed by atoms with Crippen LogP contribution in [0, 0.1) is 0 Å². The largest absolute Gasteiger partial charge is 0.454 e. The van der Waals surface area contributed by atoms with Crippen LogP contribution in [0.3, 0.4) is 0 Å². The molecule has 8 heteroatoms. The molecule has 2 rings (SSSR count). The van der Waals surface area contributed by atoms with E-state index in [2.05, 4.69) is 10.6 Å². The summed E-state index contributed by atoms with van der Waals surface area (Å²) in [7, 11) is 0. The van der Waals surface area contributed by atoms with Gasteiger partial charge in [-0.2, -0.15) is 0 Å². The van der Waals surface area contributed by atoms with Crippen LogP contribution in [-0.4, -0.2) is 30.4 Å². The van der Waals surface area contributed by atoms with Crippen molar-refractivity contribution >= 4 is 40.7 Å². The number of Topliss-reactive ketones (excluding diaryl/α,β-unsaturated/α-hetero) is 1. The molecular weight excluding hydrogens is 376 g/mol. The first-order valence-corrected chi connectivity index (χ1v) is 9.13. The fourth-order valence-corrected chi connectivity index (χ4v) is 2.97. The average molecular weight is 395 g/mol. The lowest BCUT2D eigenvalue weighted by Gasteiger charge is -2.10. The van der Waals surface area contributed by atoms with E-state index >= 15 is 0 Å². The van der Waals surface area contributed by atoms with Gasteiger partial charge in [-0.1, -0.05) is 23.7 Å². The molecule has 2 amide bonds. The van der Waals surface area contributed by atoms with Crippen LogP contribution in [0.5, 0.6) is 0 Å². The summed E-state index contributed by atoms with van der Waals surface area (Å²) in [5.74, 6) is -0.884. The number of nitrogens with one attached hydrogen (secondary N) is 2. The summed E-state index contributed by atoms with van der Waals surface area (Å²) in [6.45, 7) is 3.75. The van der Waals surface area contributed by atoms with Crippen LogP contribution in [-0.2, 0) is 11.3 Å². The molecule has 0 atom stereocenters. The lowest BCUT2D eigenvalue weighted by Crippen LogP contribution is -2.39. The average Bonchev–Trinajstić information content (AvgIpc) is 3.04. The molecule has 1 aromatic carbocycles. The van der Waals surface area contributed by atoms with Gasteiger partial charge in [-0.15, -0.1) is 11.3 Å². The summed E-state index contributed by atoms with van der Waals surface area (Å²) in [4.78, 5) is 35.9. The summed E-state index contributed by atoms with van der Waals surface area (Å²) in [5.41, 5.74) is 1.17. The smallest absolute Gasteiger partial charge is 0.338 e. The first-order valence-electron chi connectivity index (χ1n) is 7.94. The molecule has 0 aliphatic rings. The Morgan fingerprint density at radius 2 is 1.81 bits per heavy atom. The van der Waals surface area contributed by atoms with Gasteiger partial charge in [0.1, 0.15) is 0 Å². The Labute approximate surface area is 160 Å². The molecule has 2 aromatic rings. The van der Waals surface area contributed by atoms with Crippen molar-refractivity contribution in [2.45, 2.75) is 26.4 Å². The summed E-state index contributed by atoms with van der Waals surface area (Å²) in [5, 5.41) is 5.44. The number of thiophene rings is 1. The van der Waals surface area contributed by atoms with Crippen molar-refractivity contribution in [3.63, 3.8) is 0 Å². The maximum absolute atomic E-state index is 12.0. The normalized spacial score (nSPS) is 10.5. The van der Waals surface area contributed by atoms with Gasteiger partial charge in [-0.05, 0) is 43.7 Å². The minimum Gasteiger partial charge on any atom is -0.454 e. The van der Waals surface area contributed by atoms with Gasteiger partial charge in [-0.3, -0.25) is 4.79 Å². The lowest BCUT2D eigenvalue weighted by molar-refractivity contribution is 0.0476. The van der Waals surface area contributed by atoms with Crippen LogP contribution in [0.15, 0.2) is 36.4 Å². The van der Waals surface area contributed by atoms with Crippen molar-refractivity contribution in [2.24, 2.45) is 0 Å². The highest BCUT2D eigenvalue weighted by Crippen LogP contribution is 2.21. The van der Waals surface area contributed by atoms with Crippen LogP contribution in [0.4, 0.5) is 4.79 Å². The molecule has 1 aromatic heterocycles.